The SMILES string of the molecule is CO[C@@H]1C[C@@H](COc2nc(N3CCN(C(=O)O)C(CC#N)C3)c3c(cc(Br)c4ccoc43)n2)N(C)C1. The Kier molecular flexibility index (Phi) is 6.87. The van der Waals surface area contributed by atoms with Crippen LogP contribution in [0.1, 0.15) is 12.8 Å². The lowest BCUT2D eigenvalue weighted by molar-refractivity contribution is 0.111. The van der Waals surface area contributed by atoms with Crippen molar-refractivity contribution in [3.8, 4) is 12.1 Å². The minimum absolute atomic E-state index is 0.0889. The number of rotatable bonds is 6. The van der Waals surface area contributed by atoms with Crippen molar-refractivity contribution < 1.29 is 23.8 Å². The second kappa shape index (κ2) is 10.1. The fourth-order valence-electron chi connectivity index (χ4n) is 5.09. The molecule has 0 aliphatic carbocycles. The van der Waals surface area contributed by atoms with E-state index in [-0.39, 0.29) is 31.1 Å². The van der Waals surface area contributed by atoms with E-state index < -0.39 is 12.1 Å². The molecule has 1 unspecified atom stereocenters. The highest BCUT2D eigenvalue weighted by Gasteiger charge is 2.33. The van der Waals surface area contributed by atoms with Gasteiger partial charge in [0.15, 0.2) is 0 Å². The number of likely N-dealkylation sites (tertiary alicyclic amines) is 1. The molecule has 36 heavy (non-hydrogen) atoms. The average Bonchev–Trinajstić information content (AvgIpc) is 3.49. The third-order valence-electron chi connectivity index (χ3n) is 7.05. The summed E-state index contributed by atoms with van der Waals surface area (Å²) in [5.74, 6) is 0.602. The lowest BCUT2D eigenvalue weighted by Crippen LogP contribution is -2.55. The average molecular weight is 559 g/mol. The molecule has 2 fully saturated rings. The van der Waals surface area contributed by atoms with Crippen molar-refractivity contribution in [2.75, 3.05) is 51.8 Å². The van der Waals surface area contributed by atoms with Gasteiger partial charge in [0.1, 0.15) is 18.0 Å². The molecular weight excluding hydrogens is 532 g/mol. The second-order valence-electron chi connectivity index (χ2n) is 9.18. The zero-order valence-electron chi connectivity index (χ0n) is 20.1. The normalized spacial score (nSPS) is 22.9. The number of ether oxygens (including phenoxy) is 2. The predicted octanol–water partition coefficient (Wildman–Crippen LogP) is 3.32. The van der Waals surface area contributed by atoms with E-state index in [2.05, 4.69) is 31.9 Å². The van der Waals surface area contributed by atoms with Crippen LogP contribution in [-0.2, 0) is 4.74 Å². The van der Waals surface area contributed by atoms with Crippen molar-refractivity contribution in [1.29, 1.82) is 5.26 Å². The van der Waals surface area contributed by atoms with Gasteiger partial charge in [0.25, 0.3) is 0 Å². The molecule has 12 heteroatoms. The molecule has 5 rings (SSSR count). The molecule has 3 atom stereocenters. The Morgan fingerprint density at radius 3 is 2.89 bits per heavy atom. The maximum absolute atomic E-state index is 11.7. The lowest BCUT2D eigenvalue weighted by Gasteiger charge is -2.39. The van der Waals surface area contributed by atoms with Crippen molar-refractivity contribution in [2.45, 2.75) is 31.0 Å². The van der Waals surface area contributed by atoms with Crippen molar-refractivity contribution in [3.63, 3.8) is 0 Å². The topological polar surface area (TPSA) is 128 Å². The predicted molar refractivity (Wildman–Crippen MR) is 135 cm³/mol. The number of hydrogen-bond acceptors (Lipinski definition) is 9. The van der Waals surface area contributed by atoms with Crippen LogP contribution >= 0.6 is 15.9 Å². The fraction of sp³-hybridized carbons (Fsp3) is 0.500. The highest BCUT2D eigenvalue weighted by molar-refractivity contribution is 9.10. The van der Waals surface area contributed by atoms with E-state index in [0.717, 1.165) is 28.2 Å². The molecule has 0 spiro atoms. The summed E-state index contributed by atoms with van der Waals surface area (Å²) in [5, 5.41) is 20.5. The number of carbonyl (C=O) groups is 1. The molecule has 1 amide bonds. The van der Waals surface area contributed by atoms with E-state index in [1.165, 1.54) is 4.90 Å². The van der Waals surface area contributed by atoms with E-state index in [9.17, 15) is 15.2 Å². The molecule has 0 radical (unpaired) electrons. The number of furan rings is 1. The van der Waals surface area contributed by atoms with E-state index in [0.29, 0.717) is 36.6 Å². The number of methoxy groups -OCH3 is 1. The number of carboxylic acid groups (broad SMARTS) is 1. The highest BCUT2D eigenvalue weighted by Crippen LogP contribution is 2.38. The third-order valence-corrected chi connectivity index (χ3v) is 7.71. The number of hydrogen-bond donors (Lipinski definition) is 1. The van der Waals surface area contributed by atoms with E-state index >= 15 is 0 Å². The molecular formula is C24H27BrN6O5. The summed E-state index contributed by atoms with van der Waals surface area (Å²) in [6.07, 6.45) is 1.71. The smallest absolute Gasteiger partial charge is 0.407 e. The van der Waals surface area contributed by atoms with Crippen LogP contribution in [0.5, 0.6) is 6.01 Å². The van der Waals surface area contributed by atoms with Crippen molar-refractivity contribution in [2.24, 2.45) is 0 Å². The minimum atomic E-state index is -1.03. The highest BCUT2D eigenvalue weighted by atomic mass is 79.9. The van der Waals surface area contributed by atoms with E-state index in [1.54, 1.807) is 13.4 Å². The largest absolute Gasteiger partial charge is 0.465 e. The first-order valence-corrected chi connectivity index (χ1v) is 12.5. The molecule has 1 N–H and O–H groups in total. The monoisotopic (exact) mass is 558 g/mol. The maximum Gasteiger partial charge on any atom is 0.407 e. The molecule has 3 aromatic rings. The van der Waals surface area contributed by atoms with Crippen LogP contribution in [0, 0.1) is 11.3 Å². The number of aromatic nitrogens is 2. The van der Waals surface area contributed by atoms with Gasteiger partial charge in [-0.05, 0) is 41.5 Å². The summed E-state index contributed by atoms with van der Waals surface area (Å²) >= 11 is 3.61. The number of halogens is 1. The number of fused-ring (bicyclic) bond motifs is 3. The lowest BCUT2D eigenvalue weighted by atomic mass is 10.1. The Balaban J connectivity index is 1.52. The van der Waals surface area contributed by atoms with Crippen LogP contribution in [0.4, 0.5) is 10.6 Å². The molecule has 0 bridgehead atoms. The summed E-state index contributed by atoms with van der Waals surface area (Å²) < 4.78 is 18.3. The Hall–Kier alpha value is -3.14. The Morgan fingerprint density at radius 1 is 1.33 bits per heavy atom. The minimum Gasteiger partial charge on any atom is -0.465 e. The van der Waals surface area contributed by atoms with Gasteiger partial charge in [-0.15, -0.1) is 0 Å². The third kappa shape index (κ3) is 4.54. The standard InChI is InChI=1S/C24H27BrN6O5/c1-29-12-16(34-2)9-15(29)13-36-23-27-19-10-18(25)17-4-8-35-21(17)20(19)22(28-23)30-6-7-31(24(32)33)14(11-30)3-5-26/h4,8,10,14-16H,3,6-7,9,11-13H2,1-2H3,(H,32,33)/t14?,15-,16+/m0/s1. The van der Waals surface area contributed by atoms with Crippen LogP contribution in [0.15, 0.2) is 27.3 Å². The number of nitrogens with zero attached hydrogens (tertiary/aromatic N) is 6. The van der Waals surface area contributed by atoms with Gasteiger partial charge in [0.2, 0.25) is 0 Å². The van der Waals surface area contributed by atoms with E-state index in [4.69, 9.17) is 18.9 Å². The van der Waals surface area contributed by atoms with Gasteiger partial charge in [0, 0.05) is 49.2 Å². The zero-order chi connectivity index (χ0) is 25.4. The van der Waals surface area contributed by atoms with Crippen LogP contribution in [-0.4, -0.2) is 96.1 Å². The van der Waals surface area contributed by atoms with Crippen LogP contribution in [0.3, 0.4) is 0 Å². The number of piperazine rings is 1. The summed E-state index contributed by atoms with van der Waals surface area (Å²) in [4.78, 5) is 26.7. The molecule has 2 saturated heterocycles. The van der Waals surface area contributed by atoms with Gasteiger partial charge < -0.3 is 28.8 Å². The molecule has 11 nitrogen and oxygen atoms in total. The van der Waals surface area contributed by atoms with Crippen molar-refractivity contribution in [3.05, 3.63) is 22.9 Å². The van der Waals surface area contributed by atoms with Gasteiger partial charge in [0.05, 0.1) is 41.8 Å². The maximum atomic E-state index is 11.7. The van der Waals surface area contributed by atoms with Crippen LogP contribution in [0.25, 0.3) is 21.9 Å². The Morgan fingerprint density at radius 2 is 2.17 bits per heavy atom. The molecule has 0 saturated carbocycles. The second-order valence-corrected chi connectivity index (χ2v) is 10.0. The van der Waals surface area contributed by atoms with Gasteiger partial charge in [-0.3, -0.25) is 4.90 Å². The molecule has 2 aliphatic rings. The van der Waals surface area contributed by atoms with Crippen LogP contribution in [0.2, 0.25) is 0 Å². The van der Waals surface area contributed by atoms with Crippen molar-refractivity contribution >= 4 is 49.7 Å². The first-order valence-electron chi connectivity index (χ1n) is 11.7. The number of amides is 1. The van der Waals surface area contributed by atoms with E-state index in [1.807, 2.05) is 24.1 Å². The van der Waals surface area contributed by atoms with Crippen LogP contribution < -0.4 is 9.64 Å². The quantitative estimate of drug-likeness (QED) is 0.480. The van der Waals surface area contributed by atoms with Gasteiger partial charge in [-0.25, -0.2) is 4.79 Å². The summed E-state index contributed by atoms with van der Waals surface area (Å²) in [5.41, 5.74) is 1.29. The van der Waals surface area contributed by atoms with Gasteiger partial charge in [-0.2, -0.15) is 15.2 Å². The molecule has 190 valence electrons. The number of anilines is 1. The summed E-state index contributed by atoms with van der Waals surface area (Å²) in [6.45, 7) is 2.25. The van der Waals surface area contributed by atoms with Gasteiger partial charge >= 0.3 is 12.1 Å². The van der Waals surface area contributed by atoms with Crippen molar-refractivity contribution in [1.82, 2.24) is 19.8 Å². The molecule has 2 aromatic heterocycles. The summed E-state index contributed by atoms with van der Waals surface area (Å²) in [6, 6.07) is 5.83. The number of benzene rings is 1. The number of likely N-dealkylation sites (N-methyl/N-ethyl adjacent to an activating group) is 1. The fourth-order valence-corrected chi connectivity index (χ4v) is 5.62. The zero-order valence-corrected chi connectivity index (χ0v) is 21.6. The molecule has 1 aromatic carbocycles. The molecule has 2 aliphatic heterocycles. The van der Waals surface area contributed by atoms with Gasteiger partial charge in [-0.1, -0.05) is 0 Å². The molecule has 4 heterocycles. The first-order chi connectivity index (χ1) is 17.4. The number of nitriles is 1. The first kappa shape index (κ1) is 24.5. The Bertz CT molecular complexity index is 1330. The summed E-state index contributed by atoms with van der Waals surface area (Å²) in [7, 11) is 3.76. The Labute approximate surface area is 216 Å².